The molecule has 1 aliphatic rings. The Hall–Kier alpha value is -2.67. The molecule has 1 aliphatic heterocycles. The first-order valence-corrected chi connectivity index (χ1v) is 7.54. The fourth-order valence-electron chi connectivity index (χ4n) is 2.19. The number of hydrogen-bond donors (Lipinski definition) is 1. The summed E-state index contributed by atoms with van der Waals surface area (Å²) in [6.07, 6.45) is 2.51. The third-order valence-electron chi connectivity index (χ3n) is 3.31. The zero-order valence-electron chi connectivity index (χ0n) is 12.6. The highest BCUT2D eigenvalue weighted by atomic mass is 35.5. The number of carbonyl (C=O) groups is 1. The Morgan fingerprint density at radius 2 is 1.76 bits per heavy atom. The minimum Gasteiger partial charge on any atom is -0.486 e. The highest BCUT2D eigenvalue weighted by Crippen LogP contribution is 2.38. The van der Waals surface area contributed by atoms with E-state index < -0.39 is 29.0 Å². The Morgan fingerprint density at radius 3 is 2.56 bits per heavy atom. The van der Waals surface area contributed by atoms with Crippen LogP contribution in [0.4, 0.5) is 18.9 Å². The van der Waals surface area contributed by atoms with Crippen molar-refractivity contribution in [3.8, 4) is 11.5 Å². The smallest absolute Gasteiger partial charge is 0.248 e. The van der Waals surface area contributed by atoms with Crippen LogP contribution < -0.4 is 14.8 Å². The largest absolute Gasteiger partial charge is 0.486 e. The minimum absolute atomic E-state index is 0.323. The predicted octanol–water partition coefficient (Wildman–Crippen LogP) is 4.18. The van der Waals surface area contributed by atoms with E-state index in [1.807, 2.05) is 0 Å². The SMILES string of the molecule is O=C(C=Cc1cc(Cl)c2c(c1)OCCO2)Nc1cc(F)c(F)cc1F. The zero-order chi connectivity index (χ0) is 18.0. The number of benzene rings is 2. The number of amides is 1. The number of carbonyl (C=O) groups excluding carboxylic acids is 1. The first-order chi connectivity index (χ1) is 11.9. The number of fused-ring (bicyclic) bond motifs is 1. The summed E-state index contributed by atoms with van der Waals surface area (Å²) in [4.78, 5) is 11.8. The lowest BCUT2D eigenvalue weighted by atomic mass is 10.1. The summed E-state index contributed by atoms with van der Waals surface area (Å²) >= 11 is 6.08. The average molecular weight is 370 g/mol. The highest BCUT2D eigenvalue weighted by molar-refractivity contribution is 6.32. The van der Waals surface area contributed by atoms with Gasteiger partial charge in [0.1, 0.15) is 19.0 Å². The molecule has 0 radical (unpaired) electrons. The van der Waals surface area contributed by atoms with Crippen LogP contribution in [-0.2, 0) is 4.79 Å². The molecule has 0 aliphatic carbocycles. The summed E-state index contributed by atoms with van der Waals surface area (Å²) in [6, 6.07) is 4.12. The molecule has 0 aromatic heterocycles. The zero-order valence-corrected chi connectivity index (χ0v) is 13.4. The molecule has 25 heavy (non-hydrogen) atoms. The van der Waals surface area contributed by atoms with Crippen molar-refractivity contribution in [1.82, 2.24) is 0 Å². The molecule has 2 aromatic carbocycles. The van der Waals surface area contributed by atoms with E-state index in [1.54, 1.807) is 12.1 Å². The predicted molar refractivity (Wildman–Crippen MR) is 86.4 cm³/mol. The van der Waals surface area contributed by atoms with E-state index in [0.717, 1.165) is 6.08 Å². The van der Waals surface area contributed by atoms with Gasteiger partial charge in [-0.1, -0.05) is 11.6 Å². The summed E-state index contributed by atoms with van der Waals surface area (Å²) < 4.78 is 50.3. The normalized spacial score (nSPS) is 13.1. The van der Waals surface area contributed by atoms with Gasteiger partial charge in [0.15, 0.2) is 23.1 Å². The topological polar surface area (TPSA) is 47.6 Å². The molecule has 0 bridgehead atoms. The first kappa shape index (κ1) is 17.2. The molecule has 8 heteroatoms. The van der Waals surface area contributed by atoms with Crippen LogP contribution in [-0.4, -0.2) is 19.1 Å². The van der Waals surface area contributed by atoms with Gasteiger partial charge in [-0.05, 0) is 23.8 Å². The molecule has 0 unspecified atom stereocenters. The Kier molecular flexibility index (Phi) is 4.85. The van der Waals surface area contributed by atoms with Crippen LogP contribution in [0.15, 0.2) is 30.3 Å². The summed E-state index contributed by atoms with van der Waals surface area (Å²) in [6.45, 7) is 0.774. The summed E-state index contributed by atoms with van der Waals surface area (Å²) in [5.74, 6) is -3.53. The van der Waals surface area contributed by atoms with Gasteiger partial charge in [-0.15, -0.1) is 0 Å². The quantitative estimate of drug-likeness (QED) is 0.652. The van der Waals surface area contributed by atoms with Crippen LogP contribution >= 0.6 is 11.6 Å². The standard InChI is InChI=1S/C17H11ClF3NO3/c18-10-5-9(6-15-17(10)25-4-3-24-15)1-2-16(23)22-14-8-12(20)11(19)7-13(14)21/h1-2,5-8H,3-4H2,(H,22,23). The van der Waals surface area contributed by atoms with Crippen molar-refractivity contribution in [2.75, 3.05) is 18.5 Å². The van der Waals surface area contributed by atoms with E-state index in [2.05, 4.69) is 5.32 Å². The van der Waals surface area contributed by atoms with E-state index >= 15 is 0 Å². The first-order valence-electron chi connectivity index (χ1n) is 7.17. The van der Waals surface area contributed by atoms with Gasteiger partial charge in [0.25, 0.3) is 0 Å². The van der Waals surface area contributed by atoms with Crippen molar-refractivity contribution in [2.45, 2.75) is 0 Å². The fraction of sp³-hybridized carbons (Fsp3) is 0.118. The molecule has 1 amide bonds. The van der Waals surface area contributed by atoms with Gasteiger partial charge >= 0.3 is 0 Å². The molecule has 4 nitrogen and oxygen atoms in total. The van der Waals surface area contributed by atoms with E-state index in [9.17, 15) is 18.0 Å². The summed E-state index contributed by atoms with van der Waals surface area (Å²) in [5, 5.41) is 2.45. The van der Waals surface area contributed by atoms with Crippen molar-refractivity contribution >= 4 is 29.3 Å². The van der Waals surface area contributed by atoms with Gasteiger partial charge in [-0.25, -0.2) is 13.2 Å². The second kappa shape index (κ2) is 7.06. The maximum atomic E-state index is 13.5. The van der Waals surface area contributed by atoms with Gasteiger partial charge in [-0.2, -0.15) is 0 Å². The molecule has 0 atom stereocenters. The molecule has 1 heterocycles. The van der Waals surface area contributed by atoms with Gasteiger partial charge in [0.05, 0.1) is 10.7 Å². The van der Waals surface area contributed by atoms with Gasteiger partial charge in [-0.3, -0.25) is 4.79 Å². The van der Waals surface area contributed by atoms with E-state index in [4.69, 9.17) is 21.1 Å². The molecule has 130 valence electrons. The van der Waals surface area contributed by atoms with Crippen LogP contribution in [0.25, 0.3) is 6.08 Å². The second-order valence-electron chi connectivity index (χ2n) is 5.10. The number of anilines is 1. The lowest BCUT2D eigenvalue weighted by molar-refractivity contribution is -0.111. The molecule has 0 spiro atoms. The van der Waals surface area contributed by atoms with Crippen LogP contribution in [0.2, 0.25) is 5.02 Å². The third kappa shape index (κ3) is 3.88. The lowest BCUT2D eigenvalue weighted by Gasteiger charge is -2.19. The molecule has 2 aromatic rings. The van der Waals surface area contributed by atoms with Crippen LogP contribution in [0.1, 0.15) is 5.56 Å². The average Bonchev–Trinajstić information content (AvgIpc) is 2.58. The van der Waals surface area contributed by atoms with Crippen molar-refractivity contribution in [3.05, 3.63) is 58.4 Å². The minimum atomic E-state index is -1.34. The molecule has 0 saturated carbocycles. The van der Waals surface area contributed by atoms with Crippen LogP contribution in [0, 0.1) is 17.5 Å². The van der Waals surface area contributed by atoms with Gasteiger partial charge < -0.3 is 14.8 Å². The number of halogens is 4. The van der Waals surface area contributed by atoms with Crippen molar-refractivity contribution in [1.29, 1.82) is 0 Å². The Balaban J connectivity index is 1.75. The van der Waals surface area contributed by atoms with Gasteiger partial charge in [0.2, 0.25) is 5.91 Å². The van der Waals surface area contributed by atoms with Gasteiger partial charge in [0, 0.05) is 18.2 Å². The van der Waals surface area contributed by atoms with Crippen molar-refractivity contribution < 1.29 is 27.4 Å². The van der Waals surface area contributed by atoms with E-state index in [0.29, 0.717) is 47.4 Å². The molecule has 3 rings (SSSR count). The van der Waals surface area contributed by atoms with E-state index in [1.165, 1.54) is 6.08 Å². The monoisotopic (exact) mass is 369 g/mol. The summed E-state index contributed by atoms with van der Waals surface area (Å²) in [7, 11) is 0. The Labute approximate surface area is 145 Å². The molecular formula is C17H11ClF3NO3. The molecular weight excluding hydrogens is 359 g/mol. The fourth-order valence-corrected chi connectivity index (χ4v) is 2.47. The Bertz CT molecular complexity index is 871. The molecule has 1 N–H and O–H groups in total. The highest BCUT2D eigenvalue weighted by Gasteiger charge is 2.16. The molecule has 0 saturated heterocycles. The van der Waals surface area contributed by atoms with Crippen LogP contribution in [0.5, 0.6) is 11.5 Å². The van der Waals surface area contributed by atoms with Crippen LogP contribution in [0.3, 0.4) is 0 Å². The second-order valence-corrected chi connectivity index (χ2v) is 5.50. The number of hydrogen-bond acceptors (Lipinski definition) is 3. The number of nitrogens with one attached hydrogen (secondary N) is 1. The summed E-state index contributed by atoms with van der Waals surface area (Å²) in [5.41, 5.74) is 0.0870. The van der Waals surface area contributed by atoms with E-state index in [-0.39, 0.29) is 0 Å². The third-order valence-corrected chi connectivity index (χ3v) is 3.59. The Morgan fingerprint density at radius 1 is 1.04 bits per heavy atom. The lowest BCUT2D eigenvalue weighted by Crippen LogP contribution is -2.15. The maximum absolute atomic E-state index is 13.5. The maximum Gasteiger partial charge on any atom is 0.248 e. The van der Waals surface area contributed by atoms with Crippen molar-refractivity contribution in [2.24, 2.45) is 0 Å². The van der Waals surface area contributed by atoms with Crippen molar-refractivity contribution in [3.63, 3.8) is 0 Å². The number of rotatable bonds is 3. The number of ether oxygens (including phenoxy) is 2. The molecule has 0 fully saturated rings.